The number of thioether (sulfide) groups is 1. The van der Waals surface area contributed by atoms with Crippen molar-refractivity contribution >= 4 is 33.5 Å². The van der Waals surface area contributed by atoms with Crippen molar-refractivity contribution in [3.8, 4) is 0 Å². The molecule has 0 aliphatic rings. The van der Waals surface area contributed by atoms with Gasteiger partial charge in [-0.3, -0.25) is 4.79 Å². The van der Waals surface area contributed by atoms with Crippen LogP contribution >= 0.6 is 27.7 Å². The Morgan fingerprint density at radius 3 is 2.26 bits per heavy atom. The molecule has 1 nitrogen and oxygen atoms in total. The number of aryl methyl sites for hydroxylation is 1. The van der Waals surface area contributed by atoms with E-state index in [1.165, 1.54) is 10.5 Å². The molecule has 0 amide bonds. The van der Waals surface area contributed by atoms with E-state index in [1.807, 2.05) is 24.3 Å². The van der Waals surface area contributed by atoms with Crippen LogP contribution in [0.2, 0.25) is 0 Å². The second kappa shape index (κ2) is 6.92. The SMILES string of the molecule is CSc1ccc(CCC(=O)c2ccc(Br)cc2)cc1. The number of ketones is 1. The third-order valence-corrected chi connectivity index (χ3v) is 4.24. The van der Waals surface area contributed by atoms with E-state index in [9.17, 15) is 4.79 Å². The summed E-state index contributed by atoms with van der Waals surface area (Å²) in [6, 6.07) is 15.9. The fourth-order valence-electron chi connectivity index (χ4n) is 1.83. The van der Waals surface area contributed by atoms with Gasteiger partial charge in [-0.2, -0.15) is 0 Å². The molecule has 19 heavy (non-hydrogen) atoms. The Kier molecular flexibility index (Phi) is 5.23. The van der Waals surface area contributed by atoms with Gasteiger partial charge in [0.25, 0.3) is 0 Å². The summed E-state index contributed by atoms with van der Waals surface area (Å²) in [5.74, 6) is 0.196. The maximum Gasteiger partial charge on any atom is 0.163 e. The normalized spacial score (nSPS) is 10.4. The summed E-state index contributed by atoms with van der Waals surface area (Å²) in [5.41, 5.74) is 1.99. The Hall–Kier alpha value is -1.06. The summed E-state index contributed by atoms with van der Waals surface area (Å²) in [5, 5.41) is 0. The Bertz CT molecular complexity index is 546. The molecule has 0 aliphatic heterocycles. The standard InChI is InChI=1S/C16H15BrOS/c1-19-15-9-2-12(3-10-15)4-11-16(18)13-5-7-14(17)8-6-13/h2-3,5-10H,4,11H2,1H3. The first-order valence-corrected chi connectivity index (χ1v) is 8.12. The first-order valence-electron chi connectivity index (χ1n) is 6.11. The highest BCUT2D eigenvalue weighted by molar-refractivity contribution is 9.10. The molecule has 0 fully saturated rings. The minimum absolute atomic E-state index is 0.196. The molecule has 2 aromatic carbocycles. The van der Waals surface area contributed by atoms with Gasteiger partial charge in [0, 0.05) is 21.4 Å². The summed E-state index contributed by atoms with van der Waals surface area (Å²) >= 11 is 5.10. The second-order valence-electron chi connectivity index (χ2n) is 4.28. The molecule has 0 saturated heterocycles. The van der Waals surface area contributed by atoms with E-state index >= 15 is 0 Å². The lowest BCUT2D eigenvalue weighted by Gasteiger charge is -2.03. The lowest BCUT2D eigenvalue weighted by molar-refractivity contribution is 0.0983. The number of hydrogen-bond acceptors (Lipinski definition) is 2. The molecule has 98 valence electrons. The minimum Gasteiger partial charge on any atom is -0.294 e. The van der Waals surface area contributed by atoms with Gasteiger partial charge in [0.2, 0.25) is 0 Å². The van der Waals surface area contributed by atoms with Crippen molar-refractivity contribution in [3.05, 3.63) is 64.1 Å². The lowest BCUT2D eigenvalue weighted by atomic mass is 10.0. The number of carbonyl (C=O) groups is 1. The molecule has 0 spiro atoms. The molecular formula is C16H15BrOS. The summed E-state index contributed by atoms with van der Waals surface area (Å²) in [7, 11) is 0. The Labute approximate surface area is 126 Å². The van der Waals surface area contributed by atoms with Crippen LogP contribution in [0.1, 0.15) is 22.3 Å². The van der Waals surface area contributed by atoms with Crippen molar-refractivity contribution in [2.24, 2.45) is 0 Å². The molecule has 0 heterocycles. The Morgan fingerprint density at radius 1 is 1.05 bits per heavy atom. The zero-order valence-corrected chi connectivity index (χ0v) is 13.1. The van der Waals surface area contributed by atoms with Crippen LogP contribution in [0.15, 0.2) is 57.9 Å². The van der Waals surface area contributed by atoms with Gasteiger partial charge in [-0.25, -0.2) is 0 Å². The van der Waals surface area contributed by atoms with Gasteiger partial charge in [0.15, 0.2) is 5.78 Å². The third kappa shape index (κ3) is 4.22. The van der Waals surface area contributed by atoms with Crippen LogP contribution < -0.4 is 0 Å². The molecule has 0 unspecified atom stereocenters. The van der Waals surface area contributed by atoms with Crippen molar-refractivity contribution in [2.45, 2.75) is 17.7 Å². The van der Waals surface area contributed by atoms with E-state index in [2.05, 4.69) is 46.5 Å². The minimum atomic E-state index is 0.196. The van der Waals surface area contributed by atoms with Crippen molar-refractivity contribution in [1.82, 2.24) is 0 Å². The number of Topliss-reactive ketones (excluding diaryl/α,β-unsaturated/α-hetero) is 1. The average molecular weight is 335 g/mol. The highest BCUT2D eigenvalue weighted by atomic mass is 79.9. The maximum atomic E-state index is 12.0. The van der Waals surface area contributed by atoms with E-state index in [0.29, 0.717) is 6.42 Å². The van der Waals surface area contributed by atoms with Gasteiger partial charge < -0.3 is 0 Å². The van der Waals surface area contributed by atoms with Crippen LogP contribution in [0.25, 0.3) is 0 Å². The highest BCUT2D eigenvalue weighted by Gasteiger charge is 2.06. The molecule has 0 N–H and O–H groups in total. The van der Waals surface area contributed by atoms with Crippen LogP contribution in [0.5, 0.6) is 0 Å². The number of rotatable bonds is 5. The number of hydrogen-bond donors (Lipinski definition) is 0. The molecule has 0 aliphatic carbocycles. The Balaban J connectivity index is 1.94. The van der Waals surface area contributed by atoms with Crippen LogP contribution in [0.3, 0.4) is 0 Å². The van der Waals surface area contributed by atoms with Crippen LogP contribution in [-0.4, -0.2) is 12.0 Å². The van der Waals surface area contributed by atoms with Crippen molar-refractivity contribution in [2.75, 3.05) is 6.26 Å². The van der Waals surface area contributed by atoms with Crippen LogP contribution in [0.4, 0.5) is 0 Å². The molecule has 0 radical (unpaired) electrons. The topological polar surface area (TPSA) is 17.1 Å². The van der Waals surface area contributed by atoms with Gasteiger partial charge in [0.05, 0.1) is 0 Å². The van der Waals surface area contributed by atoms with Gasteiger partial charge >= 0.3 is 0 Å². The van der Waals surface area contributed by atoms with E-state index in [-0.39, 0.29) is 5.78 Å². The molecule has 2 rings (SSSR count). The predicted molar refractivity (Wildman–Crippen MR) is 85.0 cm³/mol. The number of benzene rings is 2. The van der Waals surface area contributed by atoms with E-state index < -0.39 is 0 Å². The number of carbonyl (C=O) groups excluding carboxylic acids is 1. The van der Waals surface area contributed by atoms with Crippen molar-refractivity contribution < 1.29 is 4.79 Å². The van der Waals surface area contributed by atoms with Gasteiger partial charge in [-0.05, 0) is 42.5 Å². The van der Waals surface area contributed by atoms with Gasteiger partial charge in [-0.1, -0.05) is 40.2 Å². The fraction of sp³-hybridized carbons (Fsp3) is 0.188. The summed E-state index contributed by atoms with van der Waals surface area (Å²) in [6.07, 6.45) is 3.41. The smallest absolute Gasteiger partial charge is 0.163 e. The summed E-state index contributed by atoms with van der Waals surface area (Å²) in [6.45, 7) is 0. The molecule has 0 saturated carbocycles. The molecule has 0 bridgehead atoms. The molecule has 3 heteroatoms. The second-order valence-corrected chi connectivity index (χ2v) is 6.07. The van der Waals surface area contributed by atoms with Crippen molar-refractivity contribution in [3.63, 3.8) is 0 Å². The van der Waals surface area contributed by atoms with Gasteiger partial charge in [-0.15, -0.1) is 11.8 Å². The Morgan fingerprint density at radius 2 is 1.68 bits per heavy atom. The zero-order chi connectivity index (χ0) is 13.7. The monoisotopic (exact) mass is 334 g/mol. The molecule has 0 atom stereocenters. The van der Waals surface area contributed by atoms with Crippen LogP contribution in [0, 0.1) is 0 Å². The predicted octanol–water partition coefficient (Wildman–Crippen LogP) is 4.99. The number of halogens is 1. The maximum absolute atomic E-state index is 12.0. The van der Waals surface area contributed by atoms with Gasteiger partial charge in [0.1, 0.15) is 0 Å². The largest absolute Gasteiger partial charge is 0.294 e. The third-order valence-electron chi connectivity index (χ3n) is 2.97. The van der Waals surface area contributed by atoms with E-state index in [0.717, 1.165) is 16.5 Å². The molecule has 0 aromatic heterocycles. The fourth-order valence-corrected chi connectivity index (χ4v) is 2.50. The van der Waals surface area contributed by atoms with Crippen LogP contribution in [-0.2, 0) is 6.42 Å². The first-order chi connectivity index (χ1) is 9.19. The average Bonchev–Trinajstić information content (AvgIpc) is 2.46. The lowest BCUT2D eigenvalue weighted by Crippen LogP contribution is -2.00. The molecule has 2 aromatic rings. The molecular weight excluding hydrogens is 320 g/mol. The van der Waals surface area contributed by atoms with Crippen molar-refractivity contribution in [1.29, 1.82) is 0 Å². The van der Waals surface area contributed by atoms with E-state index in [1.54, 1.807) is 11.8 Å². The highest BCUT2D eigenvalue weighted by Crippen LogP contribution is 2.17. The summed E-state index contributed by atoms with van der Waals surface area (Å²) in [4.78, 5) is 13.3. The zero-order valence-electron chi connectivity index (χ0n) is 10.7. The summed E-state index contributed by atoms with van der Waals surface area (Å²) < 4.78 is 0.997. The first kappa shape index (κ1) is 14.4. The van der Waals surface area contributed by atoms with E-state index in [4.69, 9.17) is 0 Å². The quantitative estimate of drug-likeness (QED) is 0.566.